The molecule has 1 aliphatic heterocycles. The van der Waals surface area contributed by atoms with Crippen LogP contribution in [0.3, 0.4) is 0 Å². The zero-order chi connectivity index (χ0) is 15.2. The summed E-state index contributed by atoms with van der Waals surface area (Å²) in [5.74, 6) is 0.0928. The van der Waals surface area contributed by atoms with E-state index >= 15 is 0 Å². The molecule has 1 aromatic rings. The van der Waals surface area contributed by atoms with Crippen molar-refractivity contribution >= 4 is 18.3 Å². The predicted molar refractivity (Wildman–Crippen MR) is 91.7 cm³/mol. The maximum Gasteiger partial charge on any atom is 0.221 e. The third kappa shape index (κ3) is 5.95. The van der Waals surface area contributed by atoms with Crippen LogP contribution in [0.25, 0.3) is 0 Å². The van der Waals surface area contributed by atoms with Gasteiger partial charge in [-0.2, -0.15) is 0 Å². The summed E-state index contributed by atoms with van der Waals surface area (Å²) in [5, 5.41) is 6.39. The first kappa shape index (κ1) is 18.9. The normalized spacial score (nSPS) is 19.1. The number of carbonyl (C=O) groups is 1. The summed E-state index contributed by atoms with van der Waals surface area (Å²) in [6, 6.07) is 6.76. The maximum absolute atomic E-state index is 12.0. The number of hydrogen-bond donors (Lipinski definition) is 2. The number of hydrogen-bond acceptors (Lipinski definition) is 3. The molecule has 0 aromatic heterocycles. The average Bonchev–Trinajstić information content (AvgIpc) is 2.43. The van der Waals surface area contributed by atoms with Gasteiger partial charge in [-0.05, 0) is 38.3 Å². The standard InChI is InChI=1S/C17H26N2O2.ClH/c1-12-4-5-15(13(2)8-12)9-14(3)19-17(20)10-16-11-21-7-6-18-16;/h4-5,8,14,16,18H,6-7,9-11H2,1-3H3,(H,19,20);1H. The molecule has 2 N–H and O–H groups in total. The second-order valence-corrected chi connectivity index (χ2v) is 6.03. The Morgan fingerprint density at radius 3 is 2.86 bits per heavy atom. The quantitative estimate of drug-likeness (QED) is 0.871. The van der Waals surface area contributed by atoms with Crippen LogP contribution in [0.5, 0.6) is 0 Å². The third-order valence-corrected chi connectivity index (χ3v) is 3.86. The number of rotatable bonds is 5. The van der Waals surface area contributed by atoms with Crippen LogP contribution in [-0.4, -0.2) is 37.7 Å². The number of nitrogens with one attached hydrogen (secondary N) is 2. The van der Waals surface area contributed by atoms with Crippen LogP contribution in [0.4, 0.5) is 0 Å². The monoisotopic (exact) mass is 326 g/mol. The first-order valence-corrected chi connectivity index (χ1v) is 7.71. The van der Waals surface area contributed by atoms with Crippen molar-refractivity contribution in [2.75, 3.05) is 19.8 Å². The summed E-state index contributed by atoms with van der Waals surface area (Å²) in [5.41, 5.74) is 3.86. The van der Waals surface area contributed by atoms with Gasteiger partial charge in [0.25, 0.3) is 0 Å². The molecular formula is C17H27ClN2O2. The SMILES string of the molecule is Cc1ccc(CC(C)NC(=O)CC2COCCN2)c(C)c1.Cl. The number of ether oxygens (including phenoxy) is 1. The van der Waals surface area contributed by atoms with Crippen LogP contribution in [0.15, 0.2) is 18.2 Å². The van der Waals surface area contributed by atoms with Crippen molar-refractivity contribution < 1.29 is 9.53 Å². The summed E-state index contributed by atoms with van der Waals surface area (Å²) >= 11 is 0. The fraction of sp³-hybridized carbons (Fsp3) is 0.588. The molecule has 0 radical (unpaired) electrons. The van der Waals surface area contributed by atoms with Gasteiger partial charge >= 0.3 is 0 Å². The van der Waals surface area contributed by atoms with Crippen molar-refractivity contribution in [1.82, 2.24) is 10.6 Å². The first-order chi connectivity index (χ1) is 10.0. The van der Waals surface area contributed by atoms with Gasteiger partial charge < -0.3 is 15.4 Å². The van der Waals surface area contributed by atoms with E-state index in [4.69, 9.17) is 4.74 Å². The molecule has 1 saturated heterocycles. The summed E-state index contributed by atoms with van der Waals surface area (Å²) < 4.78 is 5.37. The Labute approximate surface area is 139 Å². The highest BCUT2D eigenvalue weighted by atomic mass is 35.5. The largest absolute Gasteiger partial charge is 0.378 e. The smallest absolute Gasteiger partial charge is 0.221 e. The van der Waals surface area contributed by atoms with Crippen molar-refractivity contribution in [3.8, 4) is 0 Å². The highest BCUT2D eigenvalue weighted by Gasteiger charge is 2.18. The Hall–Kier alpha value is -1.10. The molecule has 1 amide bonds. The molecule has 124 valence electrons. The Kier molecular flexibility index (Phi) is 7.87. The van der Waals surface area contributed by atoms with Gasteiger partial charge in [0, 0.05) is 25.0 Å². The second-order valence-electron chi connectivity index (χ2n) is 6.03. The minimum Gasteiger partial charge on any atom is -0.378 e. The van der Waals surface area contributed by atoms with Crippen LogP contribution in [0.2, 0.25) is 0 Å². The van der Waals surface area contributed by atoms with Crippen LogP contribution < -0.4 is 10.6 Å². The Morgan fingerprint density at radius 2 is 2.23 bits per heavy atom. The van der Waals surface area contributed by atoms with E-state index in [0.717, 1.165) is 19.6 Å². The maximum atomic E-state index is 12.0. The minimum absolute atomic E-state index is 0. The number of carbonyl (C=O) groups excluding carboxylic acids is 1. The lowest BCUT2D eigenvalue weighted by molar-refractivity contribution is -0.122. The van der Waals surface area contributed by atoms with E-state index in [1.807, 2.05) is 0 Å². The molecule has 1 aliphatic rings. The summed E-state index contributed by atoms with van der Waals surface area (Å²) in [4.78, 5) is 12.0. The van der Waals surface area contributed by atoms with Crippen molar-refractivity contribution in [1.29, 1.82) is 0 Å². The number of aryl methyl sites for hydroxylation is 2. The Bertz CT molecular complexity index is 488. The molecule has 1 heterocycles. The van der Waals surface area contributed by atoms with Gasteiger partial charge in [0.2, 0.25) is 5.91 Å². The lowest BCUT2D eigenvalue weighted by Crippen LogP contribution is -2.45. The van der Waals surface area contributed by atoms with Gasteiger partial charge in [-0.1, -0.05) is 23.8 Å². The topological polar surface area (TPSA) is 50.4 Å². The molecule has 2 unspecified atom stereocenters. The first-order valence-electron chi connectivity index (χ1n) is 7.71. The van der Waals surface area contributed by atoms with Crippen LogP contribution >= 0.6 is 12.4 Å². The third-order valence-electron chi connectivity index (χ3n) is 3.86. The van der Waals surface area contributed by atoms with Crippen molar-refractivity contribution in [3.05, 3.63) is 34.9 Å². The van der Waals surface area contributed by atoms with E-state index in [9.17, 15) is 4.79 Å². The zero-order valence-corrected chi connectivity index (χ0v) is 14.5. The molecule has 5 heteroatoms. The van der Waals surface area contributed by atoms with Crippen molar-refractivity contribution in [3.63, 3.8) is 0 Å². The highest BCUT2D eigenvalue weighted by molar-refractivity contribution is 5.85. The van der Waals surface area contributed by atoms with E-state index in [1.54, 1.807) is 0 Å². The number of halogens is 1. The van der Waals surface area contributed by atoms with E-state index < -0.39 is 0 Å². The molecule has 0 aliphatic carbocycles. The number of morpholine rings is 1. The molecule has 2 rings (SSSR count). The zero-order valence-electron chi connectivity index (χ0n) is 13.6. The summed E-state index contributed by atoms with van der Waals surface area (Å²) in [6.45, 7) is 8.47. The number of benzene rings is 1. The van der Waals surface area contributed by atoms with E-state index in [-0.39, 0.29) is 30.4 Å². The van der Waals surface area contributed by atoms with Gasteiger partial charge in [0.1, 0.15) is 0 Å². The molecule has 0 bridgehead atoms. The van der Waals surface area contributed by atoms with Gasteiger partial charge in [-0.3, -0.25) is 4.79 Å². The predicted octanol–water partition coefficient (Wildman–Crippen LogP) is 2.15. The van der Waals surface area contributed by atoms with Crippen LogP contribution in [0, 0.1) is 13.8 Å². The molecule has 1 aromatic carbocycles. The van der Waals surface area contributed by atoms with E-state index in [2.05, 4.69) is 49.6 Å². The molecular weight excluding hydrogens is 300 g/mol. The average molecular weight is 327 g/mol. The second kappa shape index (κ2) is 9.13. The van der Waals surface area contributed by atoms with Gasteiger partial charge in [-0.15, -0.1) is 12.4 Å². The fourth-order valence-corrected chi connectivity index (χ4v) is 2.76. The number of amides is 1. The highest BCUT2D eigenvalue weighted by Crippen LogP contribution is 2.12. The van der Waals surface area contributed by atoms with Gasteiger partial charge in [0.15, 0.2) is 0 Å². The summed E-state index contributed by atoms with van der Waals surface area (Å²) in [7, 11) is 0. The van der Waals surface area contributed by atoms with E-state index in [0.29, 0.717) is 13.0 Å². The minimum atomic E-state index is 0. The fourth-order valence-electron chi connectivity index (χ4n) is 2.76. The molecule has 22 heavy (non-hydrogen) atoms. The molecule has 1 fully saturated rings. The Morgan fingerprint density at radius 1 is 1.45 bits per heavy atom. The molecule has 4 nitrogen and oxygen atoms in total. The van der Waals surface area contributed by atoms with Crippen molar-refractivity contribution in [2.24, 2.45) is 0 Å². The van der Waals surface area contributed by atoms with Crippen LogP contribution in [0.1, 0.15) is 30.0 Å². The summed E-state index contributed by atoms with van der Waals surface area (Å²) in [6.07, 6.45) is 1.35. The van der Waals surface area contributed by atoms with Gasteiger partial charge in [0.05, 0.1) is 13.2 Å². The molecule has 0 spiro atoms. The Balaban J connectivity index is 0.00000242. The van der Waals surface area contributed by atoms with Crippen LogP contribution in [-0.2, 0) is 16.0 Å². The van der Waals surface area contributed by atoms with Crippen molar-refractivity contribution in [2.45, 2.75) is 45.7 Å². The molecule has 2 atom stereocenters. The van der Waals surface area contributed by atoms with E-state index in [1.165, 1.54) is 16.7 Å². The lowest BCUT2D eigenvalue weighted by Gasteiger charge is -2.24. The van der Waals surface area contributed by atoms with Gasteiger partial charge in [-0.25, -0.2) is 0 Å². The molecule has 0 saturated carbocycles. The lowest BCUT2D eigenvalue weighted by atomic mass is 10.00.